The number of carbonyl (C=O) groups is 2. The van der Waals surface area contributed by atoms with Crippen LogP contribution in [0.2, 0.25) is 0 Å². The molecule has 1 aliphatic rings. The molecule has 1 unspecified atom stereocenters. The van der Waals surface area contributed by atoms with Crippen LogP contribution >= 0.6 is 11.3 Å². The van der Waals surface area contributed by atoms with E-state index in [9.17, 15) is 9.59 Å². The second-order valence-electron chi connectivity index (χ2n) is 6.91. The number of carbonyl (C=O) groups excluding carboxylic acids is 2. The lowest BCUT2D eigenvalue weighted by Crippen LogP contribution is -2.46. The number of aromatic nitrogens is 1. The minimum absolute atomic E-state index is 0.0340. The fourth-order valence-corrected chi connectivity index (χ4v) is 4.39. The second kappa shape index (κ2) is 7.98. The van der Waals surface area contributed by atoms with Crippen molar-refractivity contribution >= 4 is 44.2 Å². The summed E-state index contributed by atoms with van der Waals surface area (Å²) >= 11 is 1.45. The molecule has 1 fully saturated rings. The van der Waals surface area contributed by atoms with E-state index in [-0.39, 0.29) is 18.4 Å². The van der Waals surface area contributed by atoms with Crippen LogP contribution in [0.4, 0.5) is 10.8 Å². The highest BCUT2D eigenvalue weighted by molar-refractivity contribution is 7.22. The Morgan fingerprint density at radius 1 is 1.18 bits per heavy atom. The van der Waals surface area contributed by atoms with E-state index in [2.05, 4.69) is 10.3 Å². The summed E-state index contributed by atoms with van der Waals surface area (Å²) < 4.78 is 1.03. The van der Waals surface area contributed by atoms with Crippen molar-refractivity contribution in [2.75, 3.05) is 30.4 Å². The predicted molar refractivity (Wildman–Crippen MR) is 113 cm³/mol. The molecule has 144 valence electrons. The van der Waals surface area contributed by atoms with Crippen molar-refractivity contribution in [1.29, 1.82) is 0 Å². The van der Waals surface area contributed by atoms with Gasteiger partial charge in [-0.3, -0.25) is 9.59 Å². The quantitative estimate of drug-likeness (QED) is 0.721. The SMILES string of the molecule is CN(CC(=O)N1CCCC1C(=O)Nc1nc2ccccc2s1)c1ccccc1. The number of nitrogens with zero attached hydrogens (tertiary/aromatic N) is 3. The lowest BCUT2D eigenvalue weighted by Gasteiger charge is -2.27. The van der Waals surface area contributed by atoms with E-state index >= 15 is 0 Å². The third-order valence-corrected chi connectivity index (χ3v) is 5.92. The van der Waals surface area contributed by atoms with E-state index in [1.165, 1.54) is 11.3 Å². The second-order valence-corrected chi connectivity index (χ2v) is 7.94. The van der Waals surface area contributed by atoms with Gasteiger partial charge in [-0.15, -0.1) is 0 Å². The number of benzene rings is 2. The number of hydrogen-bond acceptors (Lipinski definition) is 5. The highest BCUT2D eigenvalue weighted by atomic mass is 32.1. The molecule has 2 aromatic carbocycles. The molecule has 28 heavy (non-hydrogen) atoms. The first-order chi connectivity index (χ1) is 13.6. The Morgan fingerprint density at radius 2 is 1.93 bits per heavy atom. The Bertz CT molecular complexity index is 955. The molecule has 7 heteroatoms. The van der Waals surface area contributed by atoms with Crippen LogP contribution in [-0.4, -0.2) is 47.9 Å². The van der Waals surface area contributed by atoms with Crippen LogP contribution in [-0.2, 0) is 9.59 Å². The van der Waals surface area contributed by atoms with E-state index in [1.54, 1.807) is 4.90 Å². The van der Waals surface area contributed by atoms with Gasteiger partial charge in [-0.1, -0.05) is 41.7 Å². The van der Waals surface area contributed by atoms with Gasteiger partial charge in [0.2, 0.25) is 11.8 Å². The maximum absolute atomic E-state index is 12.8. The molecule has 1 atom stereocenters. The van der Waals surface area contributed by atoms with Crippen LogP contribution in [0.15, 0.2) is 54.6 Å². The highest BCUT2D eigenvalue weighted by Gasteiger charge is 2.34. The number of thiazole rings is 1. The van der Waals surface area contributed by atoms with Crippen LogP contribution in [0.1, 0.15) is 12.8 Å². The van der Waals surface area contributed by atoms with Gasteiger partial charge in [-0.05, 0) is 37.1 Å². The summed E-state index contributed by atoms with van der Waals surface area (Å²) in [6.07, 6.45) is 1.51. The van der Waals surface area contributed by atoms with Gasteiger partial charge in [0.05, 0.1) is 16.8 Å². The summed E-state index contributed by atoms with van der Waals surface area (Å²) in [5.74, 6) is -0.194. The number of anilines is 2. The number of nitrogens with one attached hydrogen (secondary N) is 1. The number of rotatable bonds is 5. The zero-order valence-electron chi connectivity index (χ0n) is 15.7. The van der Waals surface area contributed by atoms with Gasteiger partial charge in [0.1, 0.15) is 6.04 Å². The third-order valence-electron chi connectivity index (χ3n) is 4.97. The molecule has 2 amide bonds. The van der Waals surface area contributed by atoms with Crippen LogP contribution < -0.4 is 10.2 Å². The van der Waals surface area contributed by atoms with Crippen LogP contribution in [0.25, 0.3) is 10.2 Å². The first kappa shape index (κ1) is 18.4. The number of likely N-dealkylation sites (N-methyl/N-ethyl adjacent to an activating group) is 1. The van der Waals surface area contributed by atoms with Crippen molar-refractivity contribution in [3.8, 4) is 0 Å². The zero-order valence-corrected chi connectivity index (χ0v) is 16.5. The topological polar surface area (TPSA) is 65.5 Å². The van der Waals surface area contributed by atoms with Gasteiger partial charge >= 0.3 is 0 Å². The van der Waals surface area contributed by atoms with Crippen LogP contribution in [0.3, 0.4) is 0 Å². The molecule has 0 aliphatic carbocycles. The summed E-state index contributed by atoms with van der Waals surface area (Å²) in [5, 5.41) is 3.48. The van der Waals surface area contributed by atoms with Crippen LogP contribution in [0.5, 0.6) is 0 Å². The molecule has 0 bridgehead atoms. The van der Waals surface area contributed by atoms with Gasteiger partial charge in [0.25, 0.3) is 0 Å². The van der Waals surface area contributed by atoms with Gasteiger partial charge in [-0.25, -0.2) is 4.98 Å². The molecule has 0 saturated carbocycles. The van der Waals surface area contributed by atoms with Gasteiger partial charge in [0, 0.05) is 19.3 Å². The minimum atomic E-state index is -0.441. The number of amides is 2. The fourth-order valence-electron chi connectivity index (χ4n) is 3.52. The molecule has 4 rings (SSSR count). The van der Waals surface area contributed by atoms with Gasteiger partial charge in [-0.2, -0.15) is 0 Å². The van der Waals surface area contributed by atoms with Crippen LogP contribution in [0, 0.1) is 0 Å². The summed E-state index contributed by atoms with van der Waals surface area (Å²) in [6, 6.07) is 17.1. The minimum Gasteiger partial charge on any atom is -0.365 e. The number of para-hydroxylation sites is 2. The molecule has 0 spiro atoms. The molecule has 0 radical (unpaired) electrons. The molecule has 3 aromatic rings. The Morgan fingerprint density at radius 3 is 2.71 bits per heavy atom. The summed E-state index contributed by atoms with van der Waals surface area (Å²) in [5.41, 5.74) is 1.84. The maximum Gasteiger partial charge on any atom is 0.248 e. The molecule has 6 nitrogen and oxygen atoms in total. The number of fused-ring (bicyclic) bond motifs is 1. The molecule has 1 aliphatic heterocycles. The average molecular weight is 395 g/mol. The molecular formula is C21H22N4O2S. The summed E-state index contributed by atoms with van der Waals surface area (Å²) in [7, 11) is 1.89. The average Bonchev–Trinajstić information content (AvgIpc) is 3.35. The van der Waals surface area contributed by atoms with Crippen molar-refractivity contribution in [2.45, 2.75) is 18.9 Å². The summed E-state index contributed by atoms with van der Waals surface area (Å²) in [6.45, 7) is 0.855. The fraction of sp³-hybridized carbons (Fsp3) is 0.286. The lowest BCUT2D eigenvalue weighted by atomic mass is 10.2. The van der Waals surface area contributed by atoms with E-state index in [0.29, 0.717) is 18.1 Å². The molecule has 1 N–H and O–H groups in total. The normalized spacial score (nSPS) is 16.3. The van der Waals surface area contributed by atoms with E-state index in [1.807, 2.05) is 66.5 Å². The standard InChI is InChI=1S/C21H22N4O2S/c1-24(15-8-3-2-4-9-15)14-19(26)25-13-7-11-17(25)20(27)23-21-22-16-10-5-6-12-18(16)28-21/h2-6,8-10,12,17H,7,11,13-14H2,1H3,(H,22,23,27). The number of hydrogen-bond donors (Lipinski definition) is 1. The Balaban J connectivity index is 1.42. The molecule has 2 heterocycles. The van der Waals surface area contributed by atoms with Crippen molar-refractivity contribution in [1.82, 2.24) is 9.88 Å². The van der Waals surface area contributed by atoms with Crippen molar-refractivity contribution in [3.63, 3.8) is 0 Å². The lowest BCUT2D eigenvalue weighted by molar-refractivity contribution is -0.135. The first-order valence-corrected chi connectivity index (χ1v) is 10.2. The molecule has 1 aromatic heterocycles. The van der Waals surface area contributed by atoms with Gasteiger partial charge in [0.15, 0.2) is 5.13 Å². The van der Waals surface area contributed by atoms with Gasteiger partial charge < -0.3 is 15.1 Å². The monoisotopic (exact) mass is 394 g/mol. The van der Waals surface area contributed by atoms with Crippen molar-refractivity contribution < 1.29 is 9.59 Å². The van der Waals surface area contributed by atoms with E-state index < -0.39 is 6.04 Å². The van der Waals surface area contributed by atoms with E-state index in [0.717, 1.165) is 22.3 Å². The summed E-state index contributed by atoms with van der Waals surface area (Å²) in [4.78, 5) is 33.7. The highest BCUT2D eigenvalue weighted by Crippen LogP contribution is 2.27. The van der Waals surface area contributed by atoms with Crippen molar-refractivity contribution in [3.05, 3.63) is 54.6 Å². The Hall–Kier alpha value is -2.93. The van der Waals surface area contributed by atoms with E-state index in [4.69, 9.17) is 0 Å². The molecule has 1 saturated heterocycles. The Kier molecular flexibility index (Phi) is 5.25. The Labute approximate surface area is 167 Å². The smallest absolute Gasteiger partial charge is 0.248 e. The largest absolute Gasteiger partial charge is 0.365 e. The zero-order chi connectivity index (χ0) is 19.5. The predicted octanol–water partition coefficient (Wildman–Crippen LogP) is 3.36. The maximum atomic E-state index is 12.8. The molecular weight excluding hydrogens is 372 g/mol. The third kappa shape index (κ3) is 3.84. The van der Waals surface area contributed by atoms with Crippen molar-refractivity contribution in [2.24, 2.45) is 0 Å². The first-order valence-electron chi connectivity index (χ1n) is 9.34. The number of likely N-dealkylation sites (tertiary alicyclic amines) is 1.